The second kappa shape index (κ2) is 5.19. The van der Waals surface area contributed by atoms with Gasteiger partial charge in [0.2, 0.25) is 10.0 Å². The van der Waals surface area contributed by atoms with Crippen molar-refractivity contribution in [3.8, 4) is 6.07 Å². The van der Waals surface area contributed by atoms with E-state index in [9.17, 15) is 8.42 Å². The van der Waals surface area contributed by atoms with E-state index in [0.717, 1.165) is 18.4 Å². The maximum atomic E-state index is 12.4. The monoisotopic (exact) mass is 290 g/mol. The van der Waals surface area contributed by atoms with Crippen LogP contribution in [-0.4, -0.2) is 14.5 Å². The zero-order valence-electron chi connectivity index (χ0n) is 11.2. The molecule has 106 valence electrons. The number of sulfonamides is 1. The molecule has 0 spiro atoms. The Labute approximate surface area is 119 Å². The minimum Gasteiger partial charge on any atom is -0.208 e. The Balaban J connectivity index is 1.73. The lowest BCUT2D eigenvalue weighted by Gasteiger charge is -2.22. The lowest BCUT2D eigenvalue weighted by molar-refractivity contribution is 0.390. The summed E-state index contributed by atoms with van der Waals surface area (Å²) >= 11 is 0. The molecule has 0 saturated heterocycles. The van der Waals surface area contributed by atoms with Crippen LogP contribution in [0.3, 0.4) is 0 Å². The Morgan fingerprint density at radius 1 is 1.20 bits per heavy atom. The molecule has 5 heteroatoms. The van der Waals surface area contributed by atoms with Gasteiger partial charge in [-0.05, 0) is 48.8 Å². The number of nitrogens with one attached hydrogen (secondary N) is 1. The highest BCUT2D eigenvalue weighted by Crippen LogP contribution is 2.44. The fourth-order valence-electron chi connectivity index (χ4n) is 3.53. The van der Waals surface area contributed by atoms with E-state index in [-0.39, 0.29) is 6.04 Å². The second-order valence-electron chi connectivity index (χ2n) is 5.88. The van der Waals surface area contributed by atoms with Crippen molar-refractivity contribution in [2.24, 2.45) is 11.8 Å². The van der Waals surface area contributed by atoms with Crippen molar-refractivity contribution in [3.05, 3.63) is 29.8 Å². The molecule has 2 aliphatic rings. The smallest absolute Gasteiger partial charge is 0.208 e. The van der Waals surface area contributed by atoms with Gasteiger partial charge in [0.05, 0.1) is 17.4 Å². The standard InChI is InChI=1S/C15H18N2O2S/c16-8-7-11-2-5-14(6-3-11)20(18,19)17-15-10-12-1-4-13(15)9-12/h2-3,5-6,12-13,15,17H,1,4,7,9-10H2. The Bertz CT molecular complexity index is 631. The topological polar surface area (TPSA) is 70.0 Å². The molecule has 2 aliphatic carbocycles. The highest BCUT2D eigenvalue weighted by atomic mass is 32.2. The normalized spacial score (nSPS) is 28.4. The van der Waals surface area contributed by atoms with Gasteiger partial charge in [-0.15, -0.1) is 0 Å². The van der Waals surface area contributed by atoms with Gasteiger partial charge in [0.1, 0.15) is 0 Å². The molecule has 2 saturated carbocycles. The van der Waals surface area contributed by atoms with E-state index in [4.69, 9.17) is 5.26 Å². The van der Waals surface area contributed by atoms with Crippen LogP contribution in [0.1, 0.15) is 31.2 Å². The van der Waals surface area contributed by atoms with E-state index < -0.39 is 10.0 Å². The molecule has 1 aromatic carbocycles. The third-order valence-corrected chi connectivity index (χ3v) is 6.07. The van der Waals surface area contributed by atoms with Gasteiger partial charge in [0, 0.05) is 6.04 Å². The van der Waals surface area contributed by atoms with Crippen LogP contribution in [-0.2, 0) is 16.4 Å². The van der Waals surface area contributed by atoms with Gasteiger partial charge in [-0.2, -0.15) is 5.26 Å². The van der Waals surface area contributed by atoms with Gasteiger partial charge in [0.25, 0.3) is 0 Å². The van der Waals surface area contributed by atoms with Crippen molar-refractivity contribution >= 4 is 10.0 Å². The van der Waals surface area contributed by atoms with E-state index in [0.29, 0.717) is 23.2 Å². The number of nitrogens with zero attached hydrogens (tertiary/aromatic N) is 1. The number of nitriles is 1. The largest absolute Gasteiger partial charge is 0.240 e. The maximum Gasteiger partial charge on any atom is 0.240 e. The van der Waals surface area contributed by atoms with Crippen molar-refractivity contribution in [1.82, 2.24) is 4.72 Å². The predicted octanol–water partition coefficient (Wildman–Crippen LogP) is 2.22. The molecule has 3 atom stereocenters. The summed E-state index contributed by atoms with van der Waals surface area (Å²) in [7, 11) is -3.43. The molecule has 0 radical (unpaired) electrons. The number of fused-ring (bicyclic) bond motifs is 2. The molecule has 20 heavy (non-hydrogen) atoms. The van der Waals surface area contributed by atoms with Crippen LogP contribution in [0, 0.1) is 23.2 Å². The SMILES string of the molecule is N#CCc1ccc(S(=O)(=O)NC2CC3CCC2C3)cc1. The zero-order valence-corrected chi connectivity index (χ0v) is 12.1. The minimum absolute atomic E-state index is 0.109. The van der Waals surface area contributed by atoms with Gasteiger partial charge in [-0.25, -0.2) is 13.1 Å². The van der Waals surface area contributed by atoms with Gasteiger partial charge < -0.3 is 0 Å². The lowest BCUT2D eigenvalue weighted by Crippen LogP contribution is -2.38. The summed E-state index contributed by atoms with van der Waals surface area (Å²) in [6.07, 6.45) is 4.87. The number of rotatable bonds is 4. The zero-order chi connectivity index (χ0) is 14.2. The molecular weight excluding hydrogens is 272 g/mol. The Hall–Kier alpha value is -1.38. The number of hydrogen-bond donors (Lipinski definition) is 1. The molecule has 0 aromatic heterocycles. The molecule has 4 nitrogen and oxygen atoms in total. The van der Waals surface area contributed by atoms with E-state index >= 15 is 0 Å². The first-order valence-corrected chi connectivity index (χ1v) is 8.55. The van der Waals surface area contributed by atoms with Crippen molar-refractivity contribution in [3.63, 3.8) is 0 Å². The Morgan fingerprint density at radius 3 is 2.50 bits per heavy atom. The van der Waals surface area contributed by atoms with Crippen LogP contribution in [0.2, 0.25) is 0 Å². The summed E-state index contributed by atoms with van der Waals surface area (Å²) in [5.41, 5.74) is 0.839. The fourth-order valence-corrected chi connectivity index (χ4v) is 4.85. The Kier molecular flexibility index (Phi) is 3.53. The third kappa shape index (κ3) is 2.58. The molecule has 1 aromatic rings. The van der Waals surface area contributed by atoms with Gasteiger partial charge in [0.15, 0.2) is 0 Å². The quantitative estimate of drug-likeness (QED) is 0.924. The molecule has 2 fully saturated rings. The van der Waals surface area contributed by atoms with E-state index in [1.165, 1.54) is 12.8 Å². The molecule has 3 rings (SSSR count). The first kappa shape index (κ1) is 13.6. The average Bonchev–Trinajstić information content (AvgIpc) is 3.01. The number of benzene rings is 1. The maximum absolute atomic E-state index is 12.4. The van der Waals surface area contributed by atoms with Crippen LogP contribution < -0.4 is 4.72 Å². The van der Waals surface area contributed by atoms with Gasteiger partial charge >= 0.3 is 0 Å². The fraction of sp³-hybridized carbons (Fsp3) is 0.533. The van der Waals surface area contributed by atoms with Gasteiger partial charge in [-0.3, -0.25) is 0 Å². The highest BCUT2D eigenvalue weighted by molar-refractivity contribution is 7.89. The summed E-state index contributed by atoms with van der Waals surface area (Å²) < 4.78 is 27.6. The van der Waals surface area contributed by atoms with Crippen LogP contribution in [0.25, 0.3) is 0 Å². The first-order chi connectivity index (χ1) is 9.58. The average molecular weight is 290 g/mol. The molecule has 0 heterocycles. The van der Waals surface area contributed by atoms with Crippen LogP contribution in [0.5, 0.6) is 0 Å². The lowest BCUT2D eigenvalue weighted by atomic mass is 9.96. The second-order valence-corrected chi connectivity index (χ2v) is 7.60. The predicted molar refractivity (Wildman–Crippen MR) is 75.3 cm³/mol. The van der Waals surface area contributed by atoms with Crippen molar-refractivity contribution in [1.29, 1.82) is 5.26 Å². The third-order valence-electron chi connectivity index (χ3n) is 4.56. The molecule has 2 bridgehead atoms. The summed E-state index contributed by atoms with van der Waals surface area (Å²) in [6.45, 7) is 0. The molecule has 0 aliphatic heterocycles. The van der Waals surface area contributed by atoms with Crippen molar-refractivity contribution in [2.75, 3.05) is 0 Å². The number of hydrogen-bond acceptors (Lipinski definition) is 3. The highest BCUT2D eigenvalue weighted by Gasteiger charge is 2.41. The summed E-state index contributed by atoms with van der Waals surface area (Å²) in [4.78, 5) is 0.293. The van der Waals surface area contributed by atoms with Crippen LogP contribution in [0.15, 0.2) is 29.2 Å². The molecular formula is C15H18N2O2S. The van der Waals surface area contributed by atoms with Crippen LogP contribution >= 0.6 is 0 Å². The first-order valence-electron chi connectivity index (χ1n) is 7.07. The molecule has 3 unspecified atom stereocenters. The molecule has 0 amide bonds. The van der Waals surface area contributed by atoms with E-state index in [2.05, 4.69) is 10.8 Å². The van der Waals surface area contributed by atoms with Crippen molar-refractivity contribution in [2.45, 2.75) is 43.0 Å². The minimum atomic E-state index is -3.43. The summed E-state index contributed by atoms with van der Waals surface area (Å²) in [5.74, 6) is 1.23. The van der Waals surface area contributed by atoms with E-state index in [1.54, 1.807) is 24.3 Å². The summed E-state index contributed by atoms with van der Waals surface area (Å²) in [6, 6.07) is 8.75. The molecule has 1 N–H and O–H groups in total. The van der Waals surface area contributed by atoms with Crippen molar-refractivity contribution < 1.29 is 8.42 Å². The van der Waals surface area contributed by atoms with Crippen LogP contribution in [0.4, 0.5) is 0 Å². The van der Waals surface area contributed by atoms with Gasteiger partial charge in [-0.1, -0.05) is 18.6 Å². The van der Waals surface area contributed by atoms with E-state index in [1.807, 2.05) is 0 Å². The summed E-state index contributed by atoms with van der Waals surface area (Å²) in [5, 5.41) is 8.62. The Morgan fingerprint density at radius 2 is 1.95 bits per heavy atom.